The van der Waals surface area contributed by atoms with Crippen LogP contribution in [0.2, 0.25) is 0 Å². The normalized spacial score (nSPS) is 11.4. The van der Waals surface area contributed by atoms with Gasteiger partial charge in [0.2, 0.25) is 0 Å². The van der Waals surface area contributed by atoms with Crippen LogP contribution in [-0.2, 0) is 6.54 Å². The number of quaternary nitrogens is 1. The zero-order chi connectivity index (χ0) is 10.1. The second-order valence-electron chi connectivity index (χ2n) is 3.53. The van der Waals surface area contributed by atoms with Crippen molar-refractivity contribution in [1.29, 1.82) is 0 Å². The van der Waals surface area contributed by atoms with Gasteiger partial charge in [-0.05, 0) is 11.4 Å². The van der Waals surface area contributed by atoms with Crippen LogP contribution in [0.1, 0.15) is 5.82 Å². The molecule has 4 nitrogen and oxygen atoms in total. The number of nitrogens with zero attached hydrogens (tertiary/aromatic N) is 1. The van der Waals surface area contributed by atoms with Crippen molar-refractivity contribution in [3.8, 4) is 0 Å². The van der Waals surface area contributed by atoms with E-state index in [9.17, 15) is 4.79 Å². The van der Waals surface area contributed by atoms with Crippen molar-refractivity contribution in [2.24, 2.45) is 0 Å². The van der Waals surface area contributed by atoms with Crippen LogP contribution >= 0.6 is 11.3 Å². The van der Waals surface area contributed by atoms with E-state index in [-0.39, 0.29) is 5.56 Å². The van der Waals surface area contributed by atoms with E-state index >= 15 is 0 Å². The summed E-state index contributed by atoms with van der Waals surface area (Å²) in [5.74, 6) is 0.751. The highest BCUT2D eigenvalue weighted by atomic mass is 32.1. The van der Waals surface area contributed by atoms with E-state index in [1.54, 1.807) is 0 Å². The zero-order valence-electron chi connectivity index (χ0n) is 8.13. The van der Waals surface area contributed by atoms with Gasteiger partial charge >= 0.3 is 0 Å². The quantitative estimate of drug-likeness (QED) is 0.710. The molecule has 2 N–H and O–H groups in total. The zero-order valence-corrected chi connectivity index (χ0v) is 8.94. The van der Waals surface area contributed by atoms with Gasteiger partial charge in [0.25, 0.3) is 5.56 Å². The molecule has 0 saturated heterocycles. The predicted molar refractivity (Wildman–Crippen MR) is 56.8 cm³/mol. The van der Waals surface area contributed by atoms with Gasteiger partial charge in [-0.2, -0.15) is 0 Å². The topological polar surface area (TPSA) is 50.2 Å². The van der Waals surface area contributed by atoms with Crippen LogP contribution < -0.4 is 10.5 Å². The van der Waals surface area contributed by atoms with Gasteiger partial charge in [-0.15, -0.1) is 11.3 Å². The fourth-order valence-corrected chi connectivity index (χ4v) is 2.07. The first-order valence-electron chi connectivity index (χ1n) is 4.42. The average molecular weight is 210 g/mol. The van der Waals surface area contributed by atoms with Crippen molar-refractivity contribution in [3.63, 3.8) is 0 Å². The molecule has 0 aliphatic carbocycles. The molecular weight excluding hydrogens is 198 g/mol. The minimum atomic E-state index is -0.0266. The Balaban J connectivity index is 2.53. The minimum Gasteiger partial charge on any atom is -0.334 e. The highest BCUT2D eigenvalue weighted by Crippen LogP contribution is 2.13. The van der Waals surface area contributed by atoms with Crippen LogP contribution in [0.4, 0.5) is 0 Å². The van der Waals surface area contributed by atoms with Gasteiger partial charge in [0.1, 0.15) is 11.2 Å². The van der Waals surface area contributed by atoms with Crippen LogP contribution in [0.15, 0.2) is 16.2 Å². The van der Waals surface area contributed by atoms with E-state index in [1.165, 1.54) is 16.2 Å². The summed E-state index contributed by atoms with van der Waals surface area (Å²) in [6.45, 7) is 0.737. The molecule has 0 fully saturated rings. The molecule has 0 aliphatic heterocycles. The maximum absolute atomic E-state index is 11.5. The summed E-state index contributed by atoms with van der Waals surface area (Å²) in [6, 6.07) is 1.88. The monoisotopic (exact) mass is 210 g/mol. The van der Waals surface area contributed by atoms with Crippen LogP contribution in [0.25, 0.3) is 10.2 Å². The number of nitrogens with one attached hydrogen (secondary N) is 2. The number of aromatic amines is 1. The molecule has 2 aromatic heterocycles. The molecule has 2 heterocycles. The molecule has 0 unspecified atom stereocenters. The molecule has 14 heavy (non-hydrogen) atoms. The van der Waals surface area contributed by atoms with Crippen molar-refractivity contribution >= 4 is 21.6 Å². The first kappa shape index (κ1) is 9.36. The van der Waals surface area contributed by atoms with E-state index in [2.05, 4.69) is 9.97 Å². The Morgan fingerprint density at radius 1 is 1.57 bits per heavy atom. The van der Waals surface area contributed by atoms with Gasteiger partial charge in [-0.25, -0.2) is 4.98 Å². The van der Waals surface area contributed by atoms with Crippen LogP contribution in [0, 0.1) is 0 Å². The summed E-state index contributed by atoms with van der Waals surface area (Å²) in [6.07, 6.45) is 0. The van der Waals surface area contributed by atoms with Gasteiger partial charge in [-0.1, -0.05) is 0 Å². The molecular formula is C9H12N3OS+. The summed E-state index contributed by atoms with van der Waals surface area (Å²) in [7, 11) is 4.05. The summed E-state index contributed by atoms with van der Waals surface area (Å²) < 4.78 is 0.711. The Labute approximate surface area is 85.2 Å². The molecule has 5 heteroatoms. The van der Waals surface area contributed by atoms with Gasteiger partial charge < -0.3 is 9.88 Å². The first-order valence-corrected chi connectivity index (χ1v) is 5.30. The number of rotatable bonds is 2. The van der Waals surface area contributed by atoms with Crippen molar-refractivity contribution in [2.45, 2.75) is 6.54 Å². The lowest BCUT2D eigenvalue weighted by Gasteiger charge is -2.05. The van der Waals surface area contributed by atoms with E-state index in [0.29, 0.717) is 4.70 Å². The second kappa shape index (κ2) is 3.51. The fraction of sp³-hybridized carbons (Fsp3) is 0.333. The van der Waals surface area contributed by atoms with E-state index < -0.39 is 0 Å². The highest BCUT2D eigenvalue weighted by molar-refractivity contribution is 7.17. The second-order valence-corrected chi connectivity index (χ2v) is 4.45. The molecule has 0 aliphatic rings. The van der Waals surface area contributed by atoms with Gasteiger partial charge in [0, 0.05) is 0 Å². The molecule has 0 atom stereocenters. The van der Waals surface area contributed by atoms with Gasteiger partial charge in [0.05, 0.1) is 19.6 Å². The lowest BCUT2D eigenvalue weighted by molar-refractivity contribution is -0.873. The number of thiophene rings is 1. The molecule has 0 aromatic carbocycles. The number of hydrogen-bond donors (Lipinski definition) is 2. The van der Waals surface area contributed by atoms with Crippen molar-refractivity contribution in [1.82, 2.24) is 9.97 Å². The standard InChI is InChI=1S/C9H11N3OS/c1-12(2)5-7-10-6-3-4-14-8(6)9(13)11-7/h3-4H,5H2,1-2H3,(H,10,11,13)/p+1. The fourth-order valence-electron chi connectivity index (χ4n) is 1.34. The van der Waals surface area contributed by atoms with Crippen LogP contribution in [0.3, 0.4) is 0 Å². The van der Waals surface area contributed by atoms with Crippen LogP contribution in [0.5, 0.6) is 0 Å². The average Bonchev–Trinajstić information content (AvgIpc) is 2.50. The van der Waals surface area contributed by atoms with Gasteiger partial charge in [0.15, 0.2) is 5.82 Å². The minimum absolute atomic E-state index is 0.0266. The summed E-state index contributed by atoms with van der Waals surface area (Å²) >= 11 is 1.43. The molecule has 0 amide bonds. The van der Waals surface area contributed by atoms with E-state index in [0.717, 1.165) is 17.9 Å². The van der Waals surface area contributed by atoms with E-state index in [1.807, 2.05) is 25.5 Å². The third-order valence-electron chi connectivity index (χ3n) is 1.88. The number of fused-ring (bicyclic) bond motifs is 1. The Bertz CT molecular complexity index is 500. The molecule has 2 rings (SSSR count). The lowest BCUT2D eigenvalue weighted by Crippen LogP contribution is -3.04. The van der Waals surface area contributed by atoms with Gasteiger partial charge in [-0.3, -0.25) is 4.79 Å². The van der Waals surface area contributed by atoms with Crippen LogP contribution in [-0.4, -0.2) is 24.1 Å². The maximum atomic E-state index is 11.5. The molecule has 0 spiro atoms. The molecule has 0 radical (unpaired) electrons. The third kappa shape index (κ3) is 1.69. The molecule has 0 bridgehead atoms. The number of H-pyrrole nitrogens is 1. The summed E-state index contributed by atoms with van der Waals surface area (Å²) in [5, 5.41) is 1.89. The Kier molecular flexibility index (Phi) is 2.35. The largest absolute Gasteiger partial charge is 0.334 e. The molecule has 0 saturated carbocycles. The third-order valence-corrected chi connectivity index (χ3v) is 2.79. The predicted octanol–water partition coefficient (Wildman–Crippen LogP) is -0.371. The smallest absolute Gasteiger partial charge is 0.269 e. The highest BCUT2D eigenvalue weighted by Gasteiger charge is 2.06. The number of hydrogen-bond acceptors (Lipinski definition) is 3. The summed E-state index contributed by atoms with van der Waals surface area (Å²) in [4.78, 5) is 19.9. The van der Waals surface area contributed by atoms with Crippen molar-refractivity contribution in [3.05, 3.63) is 27.6 Å². The Morgan fingerprint density at radius 3 is 3.07 bits per heavy atom. The lowest BCUT2D eigenvalue weighted by atomic mass is 10.4. The Morgan fingerprint density at radius 2 is 2.36 bits per heavy atom. The Hall–Kier alpha value is -1.20. The van der Waals surface area contributed by atoms with Crippen molar-refractivity contribution in [2.75, 3.05) is 14.1 Å². The van der Waals surface area contributed by atoms with Crippen molar-refractivity contribution < 1.29 is 4.90 Å². The first-order chi connectivity index (χ1) is 6.66. The van der Waals surface area contributed by atoms with E-state index in [4.69, 9.17) is 0 Å². The summed E-state index contributed by atoms with van der Waals surface area (Å²) in [5.41, 5.74) is 0.774. The molecule has 74 valence electrons. The molecule has 2 aromatic rings. The SMILES string of the molecule is C[NH+](C)Cc1nc2ccsc2c(=O)[nH]1. The maximum Gasteiger partial charge on any atom is 0.269 e. The number of aromatic nitrogens is 2.